The number of hydrogen-bond acceptors (Lipinski definition) is 5. The van der Waals surface area contributed by atoms with Gasteiger partial charge in [0.15, 0.2) is 6.10 Å². The average molecular weight is 460 g/mol. The molecule has 1 aliphatic rings. The van der Waals surface area contributed by atoms with Gasteiger partial charge in [0.2, 0.25) is 5.91 Å². The van der Waals surface area contributed by atoms with Crippen molar-refractivity contribution < 1.29 is 24.2 Å². The second-order valence-corrected chi connectivity index (χ2v) is 8.28. The van der Waals surface area contributed by atoms with Gasteiger partial charge in [-0.1, -0.05) is 17.7 Å². The van der Waals surface area contributed by atoms with E-state index in [2.05, 4.69) is 10.7 Å². The van der Waals surface area contributed by atoms with Crippen LogP contribution in [0.1, 0.15) is 18.5 Å². The SMILES string of the molecule is O=C(O)CCc1ccc(-c2cccs2)n1NC(=O)C[C@@H]1Oc2ccc(Cl)cc2NC1=O. The minimum absolute atomic E-state index is 0.0722. The molecule has 0 aliphatic carbocycles. The number of benzene rings is 1. The van der Waals surface area contributed by atoms with Crippen LogP contribution in [0.3, 0.4) is 0 Å². The lowest BCUT2D eigenvalue weighted by atomic mass is 10.1. The third-order valence-corrected chi connectivity index (χ3v) is 5.83. The molecule has 3 N–H and O–H groups in total. The summed E-state index contributed by atoms with van der Waals surface area (Å²) in [5, 5.41) is 14.1. The van der Waals surface area contributed by atoms with Crippen LogP contribution in [0.25, 0.3) is 10.6 Å². The van der Waals surface area contributed by atoms with Gasteiger partial charge in [0.25, 0.3) is 5.91 Å². The minimum Gasteiger partial charge on any atom is -0.481 e. The molecule has 2 amide bonds. The highest BCUT2D eigenvalue weighted by atomic mass is 35.5. The summed E-state index contributed by atoms with van der Waals surface area (Å²) in [6.45, 7) is 0. The molecule has 8 nitrogen and oxygen atoms in total. The minimum atomic E-state index is -1.00. The third-order valence-electron chi connectivity index (χ3n) is 4.70. The van der Waals surface area contributed by atoms with Crippen molar-refractivity contribution in [2.45, 2.75) is 25.4 Å². The van der Waals surface area contributed by atoms with Crippen molar-refractivity contribution in [2.75, 3.05) is 10.7 Å². The quantitative estimate of drug-likeness (QED) is 0.498. The number of aromatic nitrogens is 1. The predicted octanol–water partition coefficient (Wildman–Crippen LogP) is 3.75. The lowest BCUT2D eigenvalue weighted by molar-refractivity contribution is -0.137. The van der Waals surface area contributed by atoms with Gasteiger partial charge in [0.05, 0.1) is 29.1 Å². The number of ether oxygens (including phenoxy) is 1. The number of carbonyl (C=O) groups excluding carboxylic acids is 2. The summed E-state index contributed by atoms with van der Waals surface area (Å²) in [5.74, 6) is -1.38. The van der Waals surface area contributed by atoms with Gasteiger partial charge in [-0.15, -0.1) is 11.3 Å². The molecule has 3 heterocycles. The maximum Gasteiger partial charge on any atom is 0.303 e. The molecule has 1 aromatic carbocycles. The molecule has 1 atom stereocenters. The Bertz CT molecular complexity index is 1140. The van der Waals surface area contributed by atoms with Gasteiger partial charge in [-0.25, -0.2) is 0 Å². The van der Waals surface area contributed by atoms with Crippen molar-refractivity contribution in [3.63, 3.8) is 0 Å². The molecular formula is C21H18ClN3O5S. The molecule has 2 aromatic heterocycles. The molecule has 4 rings (SSSR count). The fourth-order valence-corrected chi connectivity index (χ4v) is 4.17. The number of amides is 2. The monoisotopic (exact) mass is 459 g/mol. The topological polar surface area (TPSA) is 110 Å². The largest absolute Gasteiger partial charge is 0.481 e. The van der Waals surface area contributed by atoms with Gasteiger partial charge in [-0.05, 0) is 41.8 Å². The molecule has 0 radical (unpaired) electrons. The van der Waals surface area contributed by atoms with Gasteiger partial charge in [-0.3, -0.25) is 24.5 Å². The van der Waals surface area contributed by atoms with Gasteiger partial charge in [-0.2, -0.15) is 0 Å². The molecule has 0 saturated heterocycles. The first-order valence-electron chi connectivity index (χ1n) is 9.44. The van der Waals surface area contributed by atoms with Crippen LogP contribution in [0, 0.1) is 0 Å². The van der Waals surface area contributed by atoms with Gasteiger partial charge < -0.3 is 15.2 Å². The van der Waals surface area contributed by atoms with Crippen LogP contribution in [0.2, 0.25) is 5.02 Å². The summed E-state index contributed by atoms with van der Waals surface area (Å²) in [7, 11) is 0. The van der Waals surface area contributed by atoms with E-state index in [4.69, 9.17) is 21.4 Å². The number of halogens is 1. The maximum absolute atomic E-state index is 12.8. The number of anilines is 1. The summed E-state index contributed by atoms with van der Waals surface area (Å²) in [4.78, 5) is 37.1. The molecule has 0 bridgehead atoms. The number of fused-ring (bicyclic) bond motifs is 1. The van der Waals surface area contributed by atoms with E-state index >= 15 is 0 Å². The first kappa shape index (κ1) is 21.0. The summed E-state index contributed by atoms with van der Waals surface area (Å²) in [5.41, 5.74) is 4.62. The molecule has 160 valence electrons. The van der Waals surface area contributed by atoms with Crippen LogP contribution in [-0.2, 0) is 20.8 Å². The molecule has 3 aromatic rings. The van der Waals surface area contributed by atoms with Crippen molar-refractivity contribution >= 4 is 46.4 Å². The van der Waals surface area contributed by atoms with Crippen molar-refractivity contribution in [3.05, 3.63) is 58.6 Å². The zero-order chi connectivity index (χ0) is 22.0. The maximum atomic E-state index is 12.8. The Kier molecular flexibility index (Phi) is 5.97. The highest BCUT2D eigenvalue weighted by Crippen LogP contribution is 2.33. The van der Waals surface area contributed by atoms with E-state index in [1.54, 1.807) is 28.9 Å². The number of rotatable bonds is 7. The molecular weight excluding hydrogens is 442 g/mol. The van der Waals surface area contributed by atoms with E-state index in [0.717, 1.165) is 10.6 Å². The number of carboxylic acids is 1. The van der Waals surface area contributed by atoms with E-state index in [9.17, 15) is 14.4 Å². The highest BCUT2D eigenvalue weighted by Gasteiger charge is 2.30. The lowest BCUT2D eigenvalue weighted by Gasteiger charge is -2.26. The smallest absolute Gasteiger partial charge is 0.303 e. The van der Waals surface area contributed by atoms with E-state index in [1.165, 1.54) is 11.3 Å². The van der Waals surface area contributed by atoms with Crippen molar-refractivity contribution in [1.82, 2.24) is 4.68 Å². The Morgan fingerprint density at radius 2 is 2.10 bits per heavy atom. The Labute approximate surface area is 186 Å². The van der Waals surface area contributed by atoms with Crippen LogP contribution in [-0.4, -0.2) is 33.7 Å². The Hall–Kier alpha value is -3.30. The number of aliphatic carboxylic acids is 1. The van der Waals surface area contributed by atoms with Gasteiger partial charge in [0.1, 0.15) is 5.75 Å². The van der Waals surface area contributed by atoms with Crippen molar-refractivity contribution in [2.24, 2.45) is 0 Å². The van der Waals surface area contributed by atoms with Crippen LogP contribution in [0.4, 0.5) is 5.69 Å². The standard InChI is InChI=1S/C21H18ClN3O5S/c22-12-3-7-16-14(10-12)23-21(29)17(30-16)11-19(26)24-25-13(5-8-20(27)28)4-6-15(25)18-2-1-9-31-18/h1-4,6-7,9-10,17H,5,8,11H2,(H,23,29)(H,24,26)(H,27,28)/t17-/m0/s1. The normalized spacial score (nSPS) is 15.0. The number of carbonyl (C=O) groups is 3. The first-order chi connectivity index (χ1) is 14.9. The number of carboxylic acid groups (broad SMARTS) is 1. The number of aryl methyl sites for hydroxylation is 1. The van der Waals surface area contributed by atoms with Crippen LogP contribution in [0.15, 0.2) is 47.8 Å². The zero-order valence-electron chi connectivity index (χ0n) is 16.1. The second-order valence-electron chi connectivity index (χ2n) is 6.89. The first-order valence-corrected chi connectivity index (χ1v) is 10.7. The third kappa shape index (κ3) is 4.73. The molecule has 31 heavy (non-hydrogen) atoms. The lowest BCUT2D eigenvalue weighted by Crippen LogP contribution is -2.40. The van der Waals surface area contributed by atoms with Gasteiger partial charge in [0, 0.05) is 17.1 Å². The van der Waals surface area contributed by atoms with Crippen molar-refractivity contribution in [1.29, 1.82) is 0 Å². The van der Waals surface area contributed by atoms with Crippen LogP contribution < -0.4 is 15.5 Å². The number of hydrogen-bond donors (Lipinski definition) is 3. The average Bonchev–Trinajstić information content (AvgIpc) is 3.37. The summed E-state index contributed by atoms with van der Waals surface area (Å²) >= 11 is 7.43. The zero-order valence-corrected chi connectivity index (χ0v) is 17.7. The summed E-state index contributed by atoms with van der Waals surface area (Å²) in [6.07, 6.45) is -1.04. The second kappa shape index (κ2) is 8.83. The van der Waals surface area contributed by atoms with E-state index in [1.807, 2.05) is 23.6 Å². The number of nitrogens with one attached hydrogen (secondary N) is 2. The van der Waals surface area contributed by atoms with E-state index < -0.39 is 23.9 Å². The Balaban J connectivity index is 1.51. The molecule has 1 aliphatic heterocycles. The molecule has 10 heteroatoms. The predicted molar refractivity (Wildman–Crippen MR) is 117 cm³/mol. The summed E-state index contributed by atoms with van der Waals surface area (Å²) in [6, 6.07) is 12.2. The van der Waals surface area contributed by atoms with E-state index in [0.29, 0.717) is 22.2 Å². The number of nitrogens with zero attached hydrogens (tertiary/aromatic N) is 1. The molecule has 0 spiro atoms. The fourth-order valence-electron chi connectivity index (χ4n) is 3.25. The number of thiophene rings is 1. The van der Waals surface area contributed by atoms with Crippen LogP contribution in [0.5, 0.6) is 5.75 Å². The molecule has 0 fully saturated rings. The Morgan fingerprint density at radius 1 is 1.26 bits per heavy atom. The van der Waals surface area contributed by atoms with Crippen LogP contribution >= 0.6 is 22.9 Å². The van der Waals surface area contributed by atoms with E-state index in [-0.39, 0.29) is 19.3 Å². The highest BCUT2D eigenvalue weighted by molar-refractivity contribution is 7.13. The Morgan fingerprint density at radius 3 is 2.84 bits per heavy atom. The molecule has 0 saturated carbocycles. The van der Waals surface area contributed by atoms with Gasteiger partial charge >= 0.3 is 5.97 Å². The van der Waals surface area contributed by atoms with Crippen molar-refractivity contribution in [3.8, 4) is 16.3 Å². The molecule has 0 unspecified atom stereocenters. The summed E-state index contributed by atoms with van der Waals surface area (Å²) < 4.78 is 7.26. The fraction of sp³-hybridized carbons (Fsp3) is 0.190.